The predicted molar refractivity (Wildman–Crippen MR) is 105 cm³/mol. The molecule has 1 aliphatic carbocycles. The predicted octanol–water partition coefficient (Wildman–Crippen LogP) is 2.73. The fraction of sp³-hybridized carbons (Fsp3) is 0.333. The third kappa shape index (κ3) is 3.24. The van der Waals surface area contributed by atoms with E-state index in [1.54, 1.807) is 17.1 Å². The Balaban J connectivity index is 1.77. The largest absolute Gasteiger partial charge is 0.362 e. The number of aryl methyl sites for hydroxylation is 2. The molecule has 2 aromatic rings. The van der Waals surface area contributed by atoms with E-state index in [0.717, 1.165) is 35.4 Å². The first kappa shape index (κ1) is 18.2. The van der Waals surface area contributed by atoms with Gasteiger partial charge in [-0.05, 0) is 44.4 Å². The zero-order chi connectivity index (χ0) is 19.8. The second-order valence-electron chi connectivity index (χ2n) is 7.39. The van der Waals surface area contributed by atoms with Crippen molar-refractivity contribution in [1.29, 1.82) is 0 Å². The van der Waals surface area contributed by atoms with Crippen molar-refractivity contribution in [1.82, 2.24) is 20.1 Å². The van der Waals surface area contributed by atoms with Crippen molar-refractivity contribution in [3.05, 3.63) is 64.4 Å². The van der Waals surface area contributed by atoms with E-state index in [2.05, 4.69) is 20.7 Å². The molecule has 7 nitrogen and oxygen atoms in total. The fourth-order valence-corrected chi connectivity index (χ4v) is 4.00. The monoisotopic (exact) mass is 377 g/mol. The highest BCUT2D eigenvalue weighted by molar-refractivity contribution is 6.09. The number of hydrogen-bond donors (Lipinski definition) is 2. The van der Waals surface area contributed by atoms with Crippen molar-refractivity contribution in [2.24, 2.45) is 7.05 Å². The number of rotatable bonds is 3. The summed E-state index contributed by atoms with van der Waals surface area (Å²) in [4.78, 5) is 30.3. The van der Waals surface area contributed by atoms with E-state index >= 15 is 0 Å². The SMILES string of the molecule is CC1=C(C(=O)Nc2cc(C)ccn2)[C@H](c2cnn(C)c2)C2=C(CCCC2=O)N1. The number of anilines is 1. The van der Waals surface area contributed by atoms with Crippen LogP contribution in [0.5, 0.6) is 0 Å². The molecule has 2 aromatic heterocycles. The van der Waals surface area contributed by atoms with Crippen molar-refractivity contribution in [3.63, 3.8) is 0 Å². The molecule has 0 bridgehead atoms. The van der Waals surface area contributed by atoms with Crippen LogP contribution >= 0.6 is 0 Å². The summed E-state index contributed by atoms with van der Waals surface area (Å²) in [6.45, 7) is 3.82. The van der Waals surface area contributed by atoms with Gasteiger partial charge in [0.15, 0.2) is 5.78 Å². The number of dihydropyridines is 1. The molecule has 1 atom stereocenters. The van der Waals surface area contributed by atoms with Crippen LogP contribution in [0.2, 0.25) is 0 Å². The highest BCUT2D eigenvalue weighted by atomic mass is 16.2. The molecular weight excluding hydrogens is 354 g/mol. The van der Waals surface area contributed by atoms with Gasteiger partial charge in [0.2, 0.25) is 0 Å². The molecule has 1 amide bonds. The number of carbonyl (C=O) groups is 2. The minimum Gasteiger partial charge on any atom is -0.362 e. The van der Waals surface area contributed by atoms with Crippen LogP contribution in [-0.4, -0.2) is 26.5 Å². The number of ketones is 1. The Hall–Kier alpha value is -3.22. The Morgan fingerprint density at radius 3 is 2.86 bits per heavy atom. The van der Waals surface area contributed by atoms with Crippen molar-refractivity contribution < 1.29 is 9.59 Å². The molecule has 0 unspecified atom stereocenters. The molecule has 2 N–H and O–H groups in total. The molecule has 0 spiro atoms. The smallest absolute Gasteiger partial charge is 0.255 e. The average Bonchev–Trinajstić information content (AvgIpc) is 3.06. The van der Waals surface area contributed by atoms with Crippen LogP contribution in [0.1, 0.15) is 43.2 Å². The van der Waals surface area contributed by atoms with Crippen molar-refractivity contribution in [3.8, 4) is 0 Å². The third-order valence-corrected chi connectivity index (χ3v) is 5.24. The van der Waals surface area contributed by atoms with Crippen LogP contribution in [0.25, 0.3) is 0 Å². The molecule has 0 aromatic carbocycles. The minimum atomic E-state index is -0.428. The number of nitrogens with one attached hydrogen (secondary N) is 2. The molecule has 0 saturated carbocycles. The third-order valence-electron chi connectivity index (χ3n) is 5.24. The van der Waals surface area contributed by atoms with E-state index in [1.165, 1.54) is 0 Å². The molecule has 1 aliphatic heterocycles. The summed E-state index contributed by atoms with van der Waals surface area (Å²) in [7, 11) is 1.83. The summed E-state index contributed by atoms with van der Waals surface area (Å²) in [6.07, 6.45) is 7.40. The Morgan fingerprint density at radius 2 is 2.14 bits per heavy atom. The van der Waals surface area contributed by atoms with E-state index in [0.29, 0.717) is 23.4 Å². The van der Waals surface area contributed by atoms with Crippen molar-refractivity contribution >= 4 is 17.5 Å². The number of pyridine rings is 1. The average molecular weight is 377 g/mol. The fourth-order valence-electron chi connectivity index (χ4n) is 4.00. The van der Waals surface area contributed by atoms with Crippen molar-refractivity contribution in [2.45, 2.75) is 39.0 Å². The lowest BCUT2D eigenvalue weighted by molar-refractivity contribution is -0.116. The van der Waals surface area contributed by atoms with Gasteiger partial charge in [-0.1, -0.05) is 0 Å². The molecule has 4 rings (SSSR count). The van der Waals surface area contributed by atoms with E-state index in [1.807, 2.05) is 39.2 Å². The normalized spacial score (nSPS) is 19.4. The Kier molecular flexibility index (Phi) is 4.58. The lowest BCUT2D eigenvalue weighted by atomic mass is 9.76. The topological polar surface area (TPSA) is 88.9 Å². The van der Waals surface area contributed by atoms with Gasteiger partial charge in [0.05, 0.1) is 6.20 Å². The molecule has 0 fully saturated rings. The van der Waals surface area contributed by atoms with Crippen LogP contribution in [0.3, 0.4) is 0 Å². The lowest BCUT2D eigenvalue weighted by Crippen LogP contribution is -2.35. The van der Waals surface area contributed by atoms with Gasteiger partial charge < -0.3 is 10.6 Å². The zero-order valence-electron chi connectivity index (χ0n) is 16.2. The highest BCUT2D eigenvalue weighted by Gasteiger charge is 2.39. The van der Waals surface area contributed by atoms with Crippen LogP contribution in [-0.2, 0) is 16.6 Å². The summed E-state index contributed by atoms with van der Waals surface area (Å²) in [5, 5.41) is 10.5. The summed E-state index contributed by atoms with van der Waals surface area (Å²) in [5.41, 5.74) is 4.75. The van der Waals surface area contributed by atoms with Crippen LogP contribution in [0.15, 0.2) is 53.3 Å². The van der Waals surface area contributed by atoms with Gasteiger partial charge in [0.25, 0.3) is 5.91 Å². The second-order valence-corrected chi connectivity index (χ2v) is 7.39. The van der Waals surface area contributed by atoms with E-state index in [-0.39, 0.29) is 11.7 Å². The van der Waals surface area contributed by atoms with E-state index < -0.39 is 5.92 Å². The zero-order valence-corrected chi connectivity index (χ0v) is 16.2. The highest BCUT2D eigenvalue weighted by Crippen LogP contribution is 2.42. The molecule has 28 heavy (non-hydrogen) atoms. The van der Waals surface area contributed by atoms with Gasteiger partial charge in [-0.15, -0.1) is 0 Å². The standard InChI is InChI=1S/C21H23N5O2/c1-12-7-8-22-17(9-12)25-21(28)18-13(2)24-15-5-4-6-16(27)20(15)19(18)14-10-23-26(3)11-14/h7-11,19,24H,4-6H2,1-3H3,(H,22,25,28)/t19-/m0/s1. The summed E-state index contributed by atoms with van der Waals surface area (Å²) in [5.74, 6) is -0.108. The molecule has 0 radical (unpaired) electrons. The van der Waals surface area contributed by atoms with Gasteiger partial charge in [-0.3, -0.25) is 14.3 Å². The number of hydrogen-bond acceptors (Lipinski definition) is 5. The Bertz CT molecular complexity index is 1030. The first-order valence-corrected chi connectivity index (χ1v) is 9.40. The second kappa shape index (κ2) is 7.07. The first-order valence-electron chi connectivity index (χ1n) is 9.40. The molecule has 3 heterocycles. The number of nitrogens with zero attached hydrogens (tertiary/aromatic N) is 3. The Morgan fingerprint density at radius 1 is 1.32 bits per heavy atom. The first-order chi connectivity index (χ1) is 13.4. The maximum atomic E-state index is 13.3. The van der Waals surface area contributed by atoms with Gasteiger partial charge in [-0.25, -0.2) is 4.98 Å². The quantitative estimate of drug-likeness (QED) is 0.859. The van der Waals surface area contributed by atoms with Crippen LogP contribution in [0, 0.1) is 6.92 Å². The van der Waals surface area contributed by atoms with Crippen molar-refractivity contribution in [2.75, 3.05) is 5.32 Å². The number of aromatic nitrogens is 3. The Labute approximate surface area is 163 Å². The van der Waals surface area contributed by atoms with Gasteiger partial charge in [0, 0.05) is 59.9 Å². The number of allylic oxidation sites excluding steroid dienone is 3. The minimum absolute atomic E-state index is 0.0917. The summed E-state index contributed by atoms with van der Waals surface area (Å²) < 4.78 is 1.69. The lowest BCUT2D eigenvalue weighted by Gasteiger charge is -2.33. The summed E-state index contributed by atoms with van der Waals surface area (Å²) in [6, 6.07) is 3.69. The molecule has 144 valence electrons. The van der Waals surface area contributed by atoms with E-state index in [9.17, 15) is 9.59 Å². The maximum Gasteiger partial charge on any atom is 0.255 e. The molecule has 7 heteroatoms. The number of Topliss-reactive ketones (excluding diaryl/α,β-unsaturated/α-hetero) is 1. The van der Waals surface area contributed by atoms with E-state index in [4.69, 9.17) is 0 Å². The van der Waals surface area contributed by atoms with Crippen LogP contribution < -0.4 is 10.6 Å². The maximum absolute atomic E-state index is 13.3. The number of amides is 1. The molecular formula is C21H23N5O2. The van der Waals surface area contributed by atoms with Crippen LogP contribution in [0.4, 0.5) is 5.82 Å². The van der Waals surface area contributed by atoms with Gasteiger partial charge in [-0.2, -0.15) is 5.10 Å². The summed E-state index contributed by atoms with van der Waals surface area (Å²) >= 11 is 0. The van der Waals surface area contributed by atoms with Gasteiger partial charge in [0.1, 0.15) is 5.82 Å². The molecule has 2 aliphatic rings. The van der Waals surface area contributed by atoms with Gasteiger partial charge >= 0.3 is 0 Å². The number of carbonyl (C=O) groups excluding carboxylic acids is 2. The molecule has 0 saturated heterocycles.